The summed E-state index contributed by atoms with van der Waals surface area (Å²) >= 11 is 0. The van der Waals surface area contributed by atoms with Gasteiger partial charge in [0.25, 0.3) is 0 Å². The minimum atomic E-state index is -0.234. The van der Waals surface area contributed by atoms with Crippen molar-refractivity contribution in [3.05, 3.63) is 54.1 Å². The quantitative estimate of drug-likeness (QED) is 0.747. The van der Waals surface area contributed by atoms with Crippen LogP contribution >= 0.6 is 0 Å². The number of para-hydroxylation sites is 2. The van der Waals surface area contributed by atoms with E-state index in [9.17, 15) is 9.90 Å². The van der Waals surface area contributed by atoms with Gasteiger partial charge in [-0.1, -0.05) is 37.6 Å². The predicted molar refractivity (Wildman–Crippen MR) is 100 cm³/mol. The van der Waals surface area contributed by atoms with E-state index in [0.717, 1.165) is 24.2 Å². The Morgan fingerprint density at radius 1 is 1.16 bits per heavy atom. The molecule has 2 amide bonds. The number of aryl methyl sites for hydroxylation is 1. The molecule has 2 aromatic rings. The third-order valence-corrected chi connectivity index (χ3v) is 3.78. The van der Waals surface area contributed by atoms with Gasteiger partial charge in [-0.25, -0.2) is 4.79 Å². The molecule has 0 bridgehead atoms. The molecular weight excluding hydrogens is 316 g/mol. The normalized spacial score (nSPS) is 10.4. The van der Waals surface area contributed by atoms with Crippen LogP contribution in [0.25, 0.3) is 0 Å². The molecule has 0 saturated carbocycles. The highest BCUT2D eigenvalue weighted by Gasteiger charge is 2.15. The van der Waals surface area contributed by atoms with E-state index in [1.54, 1.807) is 11.0 Å². The second-order valence-corrected chi connectivity index (χ2v) is 5.91. The number of unbranched alkanes of at least 4 members (excludes halogenated alkanes) is 1. The Labute approximate surface area is 149 Å². The maximum Gasteiger partial charge on any atom is 0.322 e. The first kappa shape index (κ1) is 18.8. The van der Waals surface area contributed by atoms with Crippen molar-refractivity contribution in [2.24, 2.45) is 0 Å². The molecular formula is C20H26N2O3. The van der Waals surface area contributed by atoms with Gasteiger partial charge in [-0.3, -0.25) is 0 Å². The number of hydrogen-bond acceptors (Lipinski definition) is 3. The lowest BCUT2D eigenvalue weighted by Gasteiger charge is -2.22. The van der Waals surface area contributed by atoms with Crippen LogP contribution in [0, 0.1) is 6.92 Å². The summed E-state index contributed by atoms with van der Waals surface area (Å²) < 4.78 is 5.93. The van der Waals surface area contributed by atoms with E-state index < -0.39 is 0 Å². The minimum absolute atomic E-state index is 0.0570. The van der Waals surface area contributed by atoms with E-state index >= 15 is 0 Å². The number of amides is 2. The average molecular weight is 342 g/mol. The average Bonchev–Trinajstić information content (AvgIpc) is 2.60. The smallest absolute Gasteiger partial charge is 0.322 e. The van der Waals surface area contributed by atoms with E-state index in [4.69, 9.17) is 4.74 Å². The maximum absolute atomic E-state index is 12.5. The number of benzene rings is 2. The van der Waals surface area contributed by atoms with E-state index in [0.29, 0.717) is 24.5 Å². The molecule has 2 rings (SSSR count). The topological polar surface area (TPSA) is 61.8 Å². The van der Waals surface area contributed by atoms with Crippen LogP contribution in [-0.2, 0) is 0 Å². The Morgan fingerprint density at radius 3 is 2.68 bits per heavy atom. The van der Waals surface area contributed by atoms with Gasteiger partial charge in [0.2, 0.25) is 0 Å². The Morgan fingerprint density at radius 2 is 1.96 bits per heavy atom. The summed E-state index contributed by atoms with van der Waals surface area (Å²) in [5.74, 6) is 1.31. The fourth-order valence-electron chi connectivity index (χ4n) is 2.44. The number of rotatable bonds is 8. The molecule has 0 aliphatic carbocycles. The van der Waals surface area contributed by atoms with Crippen LogP contribution in [0.5, 0.6) is 11.5 Å². The molecule has 0 radical (unpaired) electrons. The molecule has 5 heteroatoms. The zero-order valence-corrected chi connectivity index (χ0v) is 14.9. The zero-order chi connectivity index (χ0) is 18.1. The van der Waals surface area contributed by atoms with Gasteiger partial charge in [-0.2, -0.15) is 0 Å². The minimum Gasteiger partial charge on any atom is -0.455 e. The molecule has 0 aromatic heterocycles. The number of hydrogen-bond donors (Lipinski definition) is 2. The number of carbonyl (C=O) groups excluding carboxylic acids is 1. The Balaban J connectivity index is 2.12. The van der Waals surface area contributed by atoms with E-state index in [1.807, 2.05) is 49.4 Å². The highest BCUT2D eigenvalue weighted by Crippen LogP contribution is 2.29. The monoisotopic (exact) mass is 342 g/mol. The lowest BCUT2D eigenvalue weighted by molar-refractivity contribution is 0.187. The third kappa shape index (κ3) is 5.80. The molecule has 0 fully saturated rings. The van der Waals surface area contributed by atoms with Crippen molar-refractivity contribution in [3.63, 3.8) is 0 Å². The SMILES string of the molecule is CCCCN(CCO)C(=O)Nc1ccccc1Oc1cccc(C)c1. The summed E-state index contributed by atoms with van der Waals surface area (Å²) in [7, 11) is 0. The number of ether oxygens (including phenoxy) is 1. The van der Waals surface area contributed by atoms with Crippen LogP contribution in [0.15, 0.2) is 48.5 Å². The molecule has 0 saturated heterocycles. The molecule has 0 heterocycles. The van der Waals surface area contributed by atoms with Crippen molar-refractivity contribution in [2.75, 3.05) is 25.0 Å². The lowest BCUT2D eigenvalue weighted by atomic mass is 10.2. The van der Waals surface area contributed by atoms with Crippen molar-refractivity contribution in [2.45, 2.75) is 26.7 Å². The van der Waals surface area contributed by atoms with Gasteiger partial charge < -0.3 is 20.1 Å². The highest BCUT2D eigenvalue weighted by molar-refractivity contribution is 5.91. The molecule has 0 spiro atoms. The molecule has 25 heavy (non-hydrogen) atoms. The molecule has 5 nitrogen and oxygen atoms in total. The van der Waals surface area contributed by atoms with Gasteiger partial charge in [0, 0.05) is 13.1 Å². The summed E-state index contributed by atoms with van der Waals surface area (Å²) in [6.45, 7) is 4.94. The largest absolute Gasteiger partial charge is 0.455 e. The Kier molecular flexibility index (Phi) is 7.29. The van der Waals surface area contributed by atoms with Crippen molar-refractivity contribution in [1.82, 2.24) is 4.90 Å². The Bertz CT molecular complexity index is 688. The maximum atomic E-state index is 12.5. The molecule has 134 valence electrons. The van der Waals surface area contributed by atoms with Gasteiger partial charge in [-0.15, -0.1) is 0 Å². The molecule has 0 aliphatic rings. The number of urea groups is 1. The number of nitrogens with one attached hydrogen (secondary N) is 1. The fraction of sp³-hybridized carbons (Fsp3) is 0.350. The first-order valence-electron chi connectivity index (χ1n) is 8.64. The lowest BCUT2D eigenvalue weighted by Crippen LogP contribution is -2.37. The molecule has 2 N–H and O–H groups in total. The van der Waals surface area contributed by atoms with Gasteiger partial charge in [0.05, 0.1) is 12.3 Å². The number of aliphatic hydroxyl groups is 1. The summed E-state index contributed by atoms with van der Waals surface area (Å²) in [4.78, 5) is 14.1. The number of aliphatic hydroxyl groups excluding tert-OH is 1. The molecule has 2 aromatic carbocycles. The van der Waals surface area contributed by atoms with Crippen LogP contribution in [0.3, 0.4) is 0 Å². The van der Waals surface area contributed by atoms with Crippen molar-refractivity contribution in [1.29, 1.82) is 0 Å². The number of anilines is 1. The third-order valence-electron chi connectivity index (χ3n) is 3.78. The van der Waals surface area contributed by atoms with Crippen molar-refractivity contribution < 1.29 is 14.6 Å². The first-order valence-corrected chi connectivity index (χ1v) is 8.64. The van der Waals surface area contributed by atoms with Crippen LogP contribution in [0.4, 0.5) is 10.5 Å². The van der Waals surface area contributed by atoms with Crippen LogP contribution in [0.1, 0.15) is 25.3 Å². The number of nitrogens with zero attached hydrogens (tertiary/aromatic N) is 1. The second kappa shape index (κ2) is 9.69. The summed E-state index contributed by atoms with van der Waals surface area (Å²) in [5, 5.41) is 12.1. The van der Waals surface area contributed by atoms with Crippen molar-refractivity contribution in [3.8, 4) is 11.5 Å². The number of carbonyl (C=O) groups is 1. The second-order valence-electron chi connectivity index (χ2n) is 5.91. The van der Waals surface area contributed by atoms with Gasteiger partial charge in [-0.05, 0) is 43.2 Å². The van der Waals surface area contributed by atoms with E-state index in [-0.39, 0.29) is 12.6 Å². The summed E-state index contributed by atoms with van der Waals surface area (Å²) in [6.07, 6.45) is 1.89. The van der Waals surface area contributed by atoms with Crippen LogP contribution in [0.2, 0.25) is 0 Å². The van der Waals surface area contributed by atoms with E-state index in [2.05, 4.69) is 12.2 Å². The van der Waals surface area contributed by atoms with Gasteiger partial charge in [0.15, 0.2) is 5.75 Å². The zero-order valence-electron chi connectivity index (χ0n) is 14.9. The summed E-state index contributed by atoms with van der Waals surface area (Å²) in [6, 6.07) is 14.9. The predicted octanol–water partition coefficient (Wildman–Crippen LogP) is 4.41. The summed E-state index contributed by atoms with van der Waals surface area (Å²) in [5.41, 5.74) is 1.71. The van der Waals surface area contributed by atoms with Crippen LogP contribution < -0.4 is 10.1 Å². The molecule has 0 unspecified atom stereocenters. The first-order chi connectivity index (χ1) is 12.1. The van der Waals surface area contributed by atoms with E-state index in [1.165, 1.54) is 0 Å². The Hall–Kier alpha value is -2.53. The van der Waals surface area contributed by atoms with Crippen LogP contribution in [-0.4, -0.2) is 35.7 Å². The van der Waals surface area contributed by atoms with Gasteiger partial charge >= 0.3 is 6.03 Å². The molecule has 0 atom stereocenters. The van der Waals surface area contributed by atoms with Crippen molar-refractivity contribution >= 4 is 11.7 Å². The fourth-order valence-corrected chi connectivity index (χ4v) is 2.44. The standard InChI is InChI=1S/C20H26N2O3/c1-3-4-12-22(13-14-23)20(24)21-18-10-5-6-11-19(18)25-17-9-7-8-16(2)15-17/h5-11,15,23H,3-4,12-14H2,1-2H3,(H,21,24). The molecule has 0 aliphatic heterocycles. The van der Waals surface area contributed by atoms with Gasteiger partial charge in [0.1, 0.15) is 5.75 Å². The highest BCUT2D eigenvalue weighted by atomic mass is 16.5.